The van der Waals surface area contributed by atoms with Crippen molar-refractivity contribution in [2.24, 2.45) is 0 Å². The van der Waals surface area contributed by atoms with Crippen LogP contribution in [0.3, 0.4) is 0 Å². The van der Waals surface area contributed by atoms with Gasteiger partial charge in [0.05, 0.1) is 11.1 Å². The maximum Gasteiger partial charge on any atom is 0.419 e. The molecule has 0 aliphatic carbocycles. The van der Waals surface area contributed by atoms with Crippen LogP contribution in [0.15, 0.2) is 42.6 Å². The van der Waals surface area contributed by atoms with Crippen molar-refractivity contribution in [3.63, 3.8) is 0 Å². The molecule has 1 saturated heterocycles. The van der Waals surface area contributed by atoms with E-state index < -0.39 is 23.5 Å². The third-order valence-electron chi connectivity index (χ3n) is 5.48. The van der Waals surface area contributed by atoms with Gasteiger partial charge in [-0.2, -0.15) is 36.3 Å². The van der Waals surface area contributed by atoms with Crippen LogP contribution in [-0.2, 0) is 12.4 Å². The first-order valence-corrected chi connectivity index (χ1v) is 10.4. The van der Waals surface area contributed by atoms with Crippen LogP contribution in [-0.4, -0.2) is 45.6 Å². The number of hydrogen-bond acceptors (Lipinski definition) is 6. The first kappa shape index (κ1) is 23.7. The van der Waals surface area contributed by atoms with E-state index in [1.807, 2.05) is 11.8 Å². The fourth-order valence-electron chi connectivity index (χ4n) is 3.85. The van der Waals surface area contributed by atoms with E-state index in [0.29, 0.717) is 23.9 Å². The number of alkyl halides is 6. The minimum atomic E-state index is -4.52. The zero-order valence-electron chi connectivity index (χ0n) is 18.2. The van der Waals surface area contributed by atoms with Crippen molar-refractivity contribution in [1.29, 1.82) is 0 Å². The van der Waals surface area contributed by atoms with Crippen molar-refractivity contribution in [2.45, 2.75) is 32.2 Å². The van der Waals surface area contributed by atoms with Crippen LogP contribution in [0, 0.1) is 6.92 Å². The first-order valence-electron chi connectivity index (χ1n) is 10.4. The minimum absolute atomic E-state index is 0.126. The zero-order chi connectivity index (χ0) is 24.7. The second-order valence-corrected chi connectivity index (χ2v) is 7.94. The number of aryl methyl sites for hydroxylation is 1. The topological polar surface area (TPSA) is 58.0 Å². The lowest BCUT2D eigenvalue weighted by molar-refractivity contribution is -0.138. The SMILES string of the molecule is Cc1nc(-c2ccc(C(F)(F)F)cc2)nc(N2CCN(c3ncccc3C(F)(F)F)C[C@H]2C)n1. The summed E-state index contributed by atoms with van der Waals surface area (Å²) in [4.78, 5) is 20.4. The molecule has 1 atom stereocenters. The molecule has 2 aromatic heterocycles. The van der Waals surface area contributed by atoms with E-state index in [-0.39, 0.29) is 30.8 Å². The van der Waals surface area contributed by atoms with Crippen molar-refractivity contribution in [1.82, 2.24) is 19.9 Å². The normalized spacial score (nSPS) is 17.2. The first-order chi connectivity index (χ1) is 15.9. The average Bonchev–Trinajstić information content (AvgIpc) is 2.77. The molecule has 0 bridgehead atoms. The molecule has 12 heteroatoms. The van der Waals surface area contributed by atoms with E-state index in [1.165, 1.54) is 24.4 Å². The number of aromatic nitrogens is 4. The summed E-state index contributed by atoms with van der Waals surface area (Å²) in [6, 6.07) is 6.50. The maximum absolute atomic E-state index is 13.4. The summed E-state index contributed by atoms with van der Waals surface area (Å²) >= 11 is 0. The van der Waals surface area contributed by atoms with Crippen LogP contribution in [0.5, 0.6) is 0 Å². The van der Waals surface area contributed by atoms with Crippen LogP contribution in [0.1, 0.15) is 23.9 Å². The van der Waals surface area contributed by atoms with Gasteiger partial charge in [-0.25, -0.2) is 9.97 Å². The van der Waals surface area contributed by atoms with E-state index >= 15 is 0 Å². The number of nitrogens with zero attached hydrogens (tertiary/aromatic N) is 6. The Hall–Kier alpha value is -3.44. The van der Waals surface area contributed by atoms with Gasteiger partial charge in [0, 0.05) is 37.4 Å². The van der Waals surface area contributed by atoms with Crippen LogP contribution in [0.25, 0.3) is 11.4 Å². The monoisotopic (exact) mass is 482 g/mol. The Morgan fingerprint density at radius 2 is 1.59 bits per heavy atom. The fraction of sp³-hybridized carbons (Fsp3) is 0.364. The second-order valence-electron chi connectivity index (χ2n) is 7.94. The van der Waals surface area contributed by atoms with E-state index in [1.54, 1.807) is 11.8 Å². The molecule has 0 N–H and O–H groups in total. The molecule has 6 nitrogen and oxygen atoms in total. The number of benzene rings is 1. The van der Waals surface area contributed by atoms with Gasteiger partial charge in [-0.15, -0.1) is 0 Å². The summed E-state index contributed by atoms with van der Waals surface area (Å²) in [5, 5.41) is 0. The Kier molecular flexibility index (Phi) is 6.09. The highest BCUT2D eigenvalue weighted by molar-refractivity contribution is 5.58. The lowest BCUT2D eigenvalue weighted by Crippen LogP contribution is -2.53. The van der Waals surface area contributed by atoms with Crippen LogP contribution >= 0.6 is 0 Å². The Morgan fingerprint density at radius 1 is 0.882 bits per heavy atom. The molecule has 180 valence electrons. The van der Waals surface area contributed by atoms with Gasteiger partial charge in [0.2, 0.25) is 5.95 Å². The number of anilines is 2. The van der Waals surface area contributed by atoms with E-state index in [2.05, 4.69) is 19.9 Å². The number of pyridine rings is 1. The highest BCUT2D eigenvalue weighted by Gasteiger charge is 2.37. The summed E-state index contributed by atoms with van der Waals surface area (Å²) in [7, 11) is 0. The number of rotatable bonds is 3. The molecular formula is C22H20F6N6. The van der Waals surface area contributed by atoms with Crippen molar-refractivity contribution in [3.05, 3.63) is 59.5 Å². The predicted octanol–water partition coefficient (Wildman–Crippen LogP) is 4.99. The standard InChI is InChI=1S/C22H20F6N6/c1-13-12-33(19-17(22(26,27)28)4-3-9-29-19)10-11-34(13)20-31-14(2)30-18(32-20)15-5-7-16(8-6-15)21(23,24)25/h3-9,13H,10-12H2,1-2H3/t13-/m1/s1. The Bertz CT molecular complexity index is 1160. The lowest BCUT2D eigenvalue weighted by atomic mass is 10.1. The highest BCUT2D eigenvalue weighted by atomic mass is 19.4. The van der Waals surface area contributed by atoms with E-state index in [9.17, 15) is 26.3 Å². The van der Waals surface area contributed by atoms with Crippen molar-refractivity contribution in [3.8, 4) is 11.4 Å². The summed E-state index contributed by atoms with van der Waals surface area (Å²) in [6.45, 7) is 4.30. The zero-order valence-corrected chi connectivity index (χ0v) is 18.2. The molecule has 0 amide bonds. The molecule has 0 radical (unpaired) electrons. The molecular weight excluding hydrogens is 462 g/mol. The molecule has 3 heterocycles. The third kappa shape index (κ3) is 4.90. The van der Waals surface area contributed by atoms with Crippen molar-refractivity contribution < 1.29 is 26.3 Å². The largest absolute Gasteiger partial charge is 0.419 e. The van der Waals surface area contributed by atoms with Gasteiger partial charge in [-0.05, 0) is 38.1 Å². The van der Waals surface area contributed by atoms with Gasteiger partial charge >= 0.3 is 12.4 Å². The van der Waals surface area contributed by atoms with Gasteiger partial charge in [0.1, 0.15) is 11.6 Å². The molecule has 34 heavy (non-hydrogen) atoms. The molecule has 3 aromatic rings. The molecule has 0 unspecified atom stereocenters. The van der Waals surface area contributed by atoms with Gasteiger partial charge in [0.25, 0.3) is 0 Å². The highest BCUT2D eigenvalue weighted by Crippen LogP contribution is 2.36. The number of halogens is 6. The Labute approximate surface area is 191 Å². The van der Waals surface area contributed by atoms with E-state index in [0.717, 1.165) is 18.2 Å². The van der Waals surface area contributed by atoms with Gasteiger partial charge in [-0.1, -0.05) is 12.1 Å². The Balaban J connectivity index is 1.57. The van der Waals surface area contributed by atoms with E-state index in [4.69, 9.17) is 0 Å². The number of piperazine rings is 1. The maximum atomic E-state index is 13.4. The average molecular weight is 482 g/mol. The minimum Gasteiger partial charge on any atom is -0.352 e. The molecule has 0 saturated carbocycles. The summed E-state index contributed by atoms with van der Waals surface area (Å²) in [5.74, 6) is 0.777. The smallest absolute Gasteiger partial charge is 0.352 e. The Morgan fingerprint density at radius 3 is 2.21 bits per heavy atom. The number of hydrogen-bond donors (Lipinski definition) is 0. The van der Waals surface area contributed by atoms with Crippen LogP contribution < -0.4 is 9.80 Å². The molecule has 1 fully saturated rings. The van der Waals surface area contributed by atoms with Gasteiger partial charge < -0.3 is 9.80 Å². The quantitative estimate of drug-likeness (QED) is 0.490. The van der Waals surface area contributed by atoms with Crippen LogP contribution in [0.4, 0.5) is 38.1 Å². The second kappa shape index (κ2) is 8.73. The van der Waals surface area contributed by atoms with Crippen molar-refractivity contribution >= 4 is 11.8 Å². The lowest BCUT2D eigenvalue weighted by Gasteiger charge is -2.41. The molecule has 0 spiro atoms. The summed E-state index contributed by atoms with van der Waals surface area (Å²) in [6.07, 6.45) is -7.65. The van der Waals surface area contributed by atoms with Gasteiger partial charge in [0.15, 0.2) is 5.82 Å². The molecule has 1 aliphatic rings. The third-order valence-corrected chi connectivity index (χ3v) is 5.48. The van der Waals surface area contributed by atoms with Crippen LogP contribution in [0.2, 0.25) is 0 Å². The predicted molar refractivity (Wildman–Crippen MR) is 113 cm³/mol. The fourth-order valence-corrected chi connectivity index (χ4v) is 3.85. The summed E-state index contributed by atoms with van der Waals surface area (Å²) < 4.78 is 78.8. The van der Waals surface area contributed by atoms with Crippen molar-refractivity contribution in [2.75, 3.05) is 29.4 Å². The molecule has 1 aliphatic heterocycles. The summed E-state index contributed by atoms with van der Waals surface area (Å²) in [5.41, 5.74) is -1.18. The molecule has 1 aromatic carbocycles. The molecule has 4 rings (SSSR count). The van der Waals surface area contributed by atoms with Gasteiger partial charge in [-0.3, -0.25) is 0 Å².